The fourth-order valence-corrected chi connectivity index (χ4v) is 2.51. The van der Waals surface area contributed by atoms with Gasteiger partial charge in [-0.15, -0.1) is 0 Å². The van der Waals surface area contributed by atoms with Gasteiger partial charge in [-0.1, -0.05) is 48.5 Å². The van der Waals surface area contributed by atoms with E-state index in [0.717, 1.165) is 5.56 Å². The summed E-state index contributed by atoms with van der Waals surface area (Å²) in [7, 11) is 0. The zero-order valence-electron chi connectivity index (χ0n) is 14.6. The molecule has 0 saturated heterocycles. The number of nitrogens with one attached hydrogen (secondary N) is 1. The van der Waals surface area contributed by atoms with E-state index < -0.39 is 0 Å². The summed E-state index contributed by atoms with van der Waals surface area (Å²) in [6.45, 7) is 2.90. The van der Waals surface area contributed by atoms with Crippen LogP contribution in [0.1, 0.15) is 22.8 Å². The molecule has 0 bridgehead atoms. The summed E-state index contributed by atoms with van der Waals surface area (Å²) >= 11 is 0. The van der Waals surface area contributed by atoms with Gasteiger partial charge in [-0.2, -0.15) is 0 Å². The van der Waals surface area contributed by atoms with E-state index in [-0.39, 0.29) is 5.91 Å². The number of anilines is 1. The van der Waals surface area contributed by atoms with Crippen LogP contribution in [0, 0.1) is 0 Å². The lowest BCUT2D eigenvalue weighted by Crippen LogP contribution is -2.13. The van der Waals surface area contributed by atoms with Gasteiger partial charge in [0.2, 0.25) is 0 Å². The van der Waals surface area contributed by atoms with E-state index in [4.69, 9.17) is 9.47 Å². The average molecular weight is 347 g/mol. The van der Waals surface area contributed by atoms with Crippen molar-refractivity contribution in [2.45, 2.75) is 13.5 Å². The van der Waals surface area contributed by atoms with Crippen LogP contribution in [0.25, 0.3) is 0 Å². The van der Waals surface area contributed by atoms with E-state index in [2.05, 4.69) is 5.32 Å². The highest BCUT2D eigenvalue weighted by Crippen LogP contribution is 2.25. The first-order valence-corrected chi connectivity index (χ1v) is 8.56. The van der Waals surface area contributed by atoms with Gasteiger partial charge in [0.05, 0.1) is 12.3 Å². The molecular weight excluding hydrogens is 326 g/mol. The van der Waals surface area contributed by atoms with Crippen molar-refractivity contribution in [3.63, 3.8) is 0 Å². The molecule has 0 atom stereocenters. The van der Waals surface area contributed by atoms with Crippen molar-refractivity contribution in [1.29, 1.82) is 0 Å². The van der Waals surface area contributed by atoms with Crippen molar-refractivity contribution in [1.82, 2.24) is 0 Å². The molecule has 0 fully saturated rings. The second kappa shape index (κ2) is 8.72. The van der Waals surface area contributed by atoms with Crippen molar-refractivity contribution in [2.24, 2.45) is 0 Å². The Morgan fingerprint density at radius 2 is 1.65 bits per heavy atom. The van der Waals surface area contributed by atoms with Gasteiger partial charge in [0.15, 0.2) is 0 Å². The number of carbonyl (C=O) groups is 1. The van der Waals surface area contributed by atoms with E-state index in [1.807, 2.05) is 73.7 Å². The van der Waals surface area contributed by atoms with E-state index in [1.54, 1.807) is 12.1 Å². The number of carbonyl (C=O) groups excluding carboxylic acids is 1. The minimum Gasteiger partial charge on any atom is -0.492 e. The monoisotopic (exact) mass is 347 g/mol. The second-order valence-electron chi connectivity index (χ2n) is 5.69. The Balaban J connectivity index is 1.68. The maximum Gasteiger partial charge on any atom is 0.255 e. The molecule has 1 N–H and O–H groups in total. The average Bonchev–Trinajstić information content (AvgIpc) is 2.69. The highest BCUT2D eigenvalue weighted by atomic mass is 16.5. The van der Waals surface area contributed by atoms with Gasteiger partial charge in [0.25, 0.3) is 5.91 Å². The van der Waals surface area contributed by atoms with Crippen LogP contribution in [0.3, 0.4) is 0 Å². The number of hydrogen-bond acceptors (Lipinski definition) is 3. The Labute approximate surface area is 153 Å². The van der Waals surface area contributed by atoms with Gasteiger partial charge in [-0.05, 0) is 42.8 Å². The second-order valence-corrected chi connectivity index (χ2v) is 5.69. The van der Waals surface area contributed by atoms with Crippen LogP contribution in [-0.4, -0.2) is 12.5 Å². The maximum atomic E-state index is 12.6. The largest absolute Gasteiger partial charge is 0.492 e. The van der Waals surface area contributed by atoms with E-state index >= 15 is 0 Å². The minimum atomic E-state index is -0.206. The molecule has 3 aromatic rings. The van der Waals surface area contributed by atoms with Crippen molar-refractivity contribution in [2.75, 3.05) is 11.9 Å². The van der Waals surface area contributed by atoms with Crippen molar-refractivity contribution < 1.29 is 14.3 Å². The number of para-hydroxylation sites is 2. The molecule has 3 aromatic carbocycles. The minimum absolute atomic E-state index is 0.206. The molecule has 0 aliphatic carbocycles. The number of amides is 1. The molecule has 26 heavy (non-hydrogen) atoms. The molecule has 0 aliphatic heterocycles. The molecular formula is C22H21NO3. The van der Waals surface area contributed by atoms with Crippen molar-refractivity contribution in [3.8, 4) is 11.5 Å². The predicted octanol–water partition coefficient (Wildman–Crippen LogP) is 4.92. The summed E-state index contributed by atoms with van der Waals surface area (Å²) in [5, 5.41) is 2.89. The van der Waals surface area contributed by atoms with Crippen LogP contribution in [-0.2, 0) is 6.61 Å². The molecule has 132 valence electrons. The third-order valence-corrected chi connectivity index (χ3v) is 3.78. The first kappa shape index (κ1) is 17.5. The molecule has 0 aromatic heterocycles. The SMILES string of the molecule is CCOc1ccccc1NC(=O)c1cccc(OCc2ccccc2)c1. The van der Waals surface area contributed by atoms with E-state index in [9.17, 15) is 4.79 Å². The molecule has 0 saturated carbocycles. The van der Waals surface area contributed by atoms with Crippen LogP contribution in [0.15, 0.2) is 78.9 Å². The number of benzene rings is 3. The Morgan fingerprint density at radius 3 is 2.46 bits per heavy atom. The highest BCUT2D eigenvalue weighted by Gasteiger charge is 2.10. The van der Waals surface area contributed by atoms with Crippen molar-refractivity contribution >= 4 is 11.6 Å². The normalized spacial score (nSPS) is 10.2. The lowest BCUT2D eigenvalue weighted by Gasteiger charge is -2.12. The van der Waals surface area contributed by atoms with Crippen LogP contribution >= 0.6 is 0 Å². The zero-order chi connectivity index (χ0) is 18.2. The Kier molecular flexibility index (Phi) is 5.88. The Morgan fingerprint density at radius 1 is 0.885 bits per heavy atom. The fourth-order valence-electron chi connectivity index (χ4n) is 2.51. The summed E-state index contributed by atoms with van der Waals surface area (Å²) in [6.07, 6.45) is 0. The standard InChI is InChI=1S/C22H21NO3/c1-2-25-21-14-7-6-13-20(21)23-22(24)18-11-8-12-19(15-18)26-16-17-9-4-3-5-10-17/h3-15H,2,16H2,1H3,(H,23,24). The summed E-state index contributed by atoms with van der Waals surface area (Å²) in [6, 6.07) is 24.4. The van der Waals surface area contributed by atoms with Crippen LogP contribution in [0.2, 0.25) is 0 Å². The third kappa shape index (κ3) is 4.63. The molecule has 0 aliphatic rings. The molecule has 0 heterocycles. The molecule has 3 rings (SSSR count). The van der Waals surface area contributed by atoms with Crippen LogP contribution in [0.5, 0.6) is 11.5 Å². The molecule has 0 unspecified atom stereocenters. The number of hydrogen-bond donors (Lipinski definition) is 1. The van der Waals surface area contributed by atoms with Gasteiger partial charge in [0, 0.05) is 5.56 Å². The van der Waals surface area contributed by atoms with Crippen molar-refractivity contribution in [3.05, 3.63) is 90.0 Å². The quantitative estimate of drug-likeness (QED) is 0.660. The van der Waals surface area contributed by atoms with E-state index in [1.165, 1.54) is 0 Å². The van der Waals surface area contributed by atoms with Gasteiger partial charge < -0.3 is 14.8 Å². The van der Waals surface area contributed by atoms with Gasteiger partial charge in [0.1, 0.15) is 18.1 Å². The molecule has 1 amide bonds. The lowest BCUT2D eigenvalue weighted by atomic mass is 10.2. The molecule has 0 spiro atoms. The fraction of sp³-hybridized carbons (Fsp3) is 0.136. The van der Waals surface area contributed by atoms with Crippen LogP contribution in [0.4, 0.5) is 5.69 Å². The lowest BCUT2D eigenvalue weighted by molar-refractivity contribution is 0.102. The van der Waals surface area contributed by atoms with Gasteiger partial charge in [-0.3, -0.25) is 4.79 Å². The Bertz CT molecular complexity index is 862. The smallest absolute Gasteiger partial charge is 0.255 e. The highest BCUT2D eigenvalue weighted by molar-refractivity contribution is 6.05. The van der Waals surface area contributed by atoms with Gasteiger partial charge >= 0.3 is 0 Å². The summed E-state index contributed by atoms with van der Waals surface area (Å²) in [5.74, 6) is 1.10. The molecule has 4 heteroatoms. The zero-order valence-corrected chi connectivity index (χ0v) is 14.6. The number of ether oxygens (including phenoxy) is 2. The topological polar surface area (TPSA) is 47.6 Å². The Hall–Kier alpha value is -3.27. The summed E-state index contributed by atoms with van der Waals surface area (Å²) in [5.41, 5.74) is 2.25. The first-order chi connectivity index (χ1) is 12.8. The summed E-state index contributed by atoms with van der Waals surface area (Å²) < 4.78 is 11.3. The first-order valence-electron chi connectivity index (χ1n) is 8.56. The summed E-state index contributed by atoms with van der Waals surface area (Å²) in [4.78, 5) is 12.6. The molecule has 4 nitrogen and oxygen atoms in total. The van der Waals surface area contributed by atoms with E-state index in [0.29, 0.717) is 36.0 Å². The van der Waals surface area contributed by atoms with Crippen LogP contribution < -0.4 is 14.8 Å². The van der Waals surface area contributed by atoms with Gasteiger partial charge in [-0.25, -0.2) is 0 Å². The predicted molar refractivity (Wildman–Crippen MR) is 103 cm³/mol. The number of rotatable bonds is 7. The third-order valence-electron chi connectivity index (χ3n) is 3.78. The molecule has 0 radical (unpaired) electrons. The maximum absolute atomic E-state index is 12.6.